The van der Waals surface area contributed by atoms with Gasteiger partial charge in [0.05, 0.1) is 11.4 Å². The Kier molecular flexibility index (Phi) is 6.42. The molecule has 0 bridgehead atoms. The molecule has 50 heavy (non-hydrogen) atoms. The largest absolute Gasteiger partial charge is 0.455 e. The van der Waals surface area contributed by atoms with Gasteiger partial charge in [-0.3, -0.25) is 4.98 Å². The second-order valence-electron chi connectivity index (χ2n) is 12.4. The Bertz CT molecular complexity index is 2870. The fourth-order valence-corrected chi connectivity index (χ4v) is 7.05. The summed E-state index contributed by atoms with van der Waals surface area (Å²) >= 11 is 0. The molecular weight excluding hydrogens is 615 g/mol. The van der Waals surface area contributed by atoms with Crippen LogP contribution in [0.25, 0.3) is 100 Å². The fourth-order valence-electron chi connectivity index (χ4n) is 7.05. The Morgan fingerprint density at radius 3 is 1.92 bits per heavy atom. The number of aromatic nitrogens is 3. The zero-order chi connectivity index (χ0) is 33.0. The second-order valence-corrected chi connectivity index (χ2v) is 12.4. The van der Waals surface area contributed by atoms with Gasteiger partial charge in [-0.25, -0.2) is 9.97 Å². The van der Waals surface area contributed by atoms with Crippen molar-refractivity contribution in [3.8, 4) is 56.2 Å². The van der Waals surface area contributed by atoms with Crippen LogP contribution < -0.4 is 0 Å². The van der Waals surface area contributed by atoms with Gasteiger partial charge in [0.1, 0.15) is 22.3 Å². The van der Waals surface area contributed by atoms with Gasteiger partial charge in [-0.05, 0) is 47.5 Å². The van der Waals surface area contributed by atoms with E-state index in [0.717, 1.165) is 94.2 Å². The minimum Gasteiger partial charge on any atom is -0.455 e. The van der Waals surface area contributed by atoms with Crippen LogP contribution in [0.2, 0.25) is 0 Å². The molecule has 4 aromatic heterocycles. The first-order valence-corrected chi connectivity index (χ1v) is 16.6. The molecule has 0 saturated carbocycles. The van der Waals surface area contributed by atoms with Crippen LogP contribution in [0.3, 0.4) is 0 Å². The van der Waals surface area contributed by atoms with Crippen molar-refractivity contribution in [2.45, 2.75) is 0 Å². The van der Waals surface area contributed by atoms with E-state index in [2.05, 4.69) is 96.0 Å². The summed E-state index contributed by atoms with van der Waals surface area (Å²) in [6.45, 7) is 0. The molecule has 10 aromatic rings. The van der Waals surface area contributed by atoms with Crippen LogP contribution in [-0.2, 0) is 0 Å². The van der Waals surface area contributed by atoms with E-state index in [4.69, 9.17) is 18.8 Å². The molecule has 0 atom stereocenters. The van der Waals surface area contributed by atoms with E-state index in [1.54, 1.807) is 6.20 Å². The molecule has 5 nitrogen and oxygen atoms in total. The summed E-state index contributed by atoms with van der Waals surface area (Å²) in [6.07, 6.45) is 3.67. The van der Waals surface area contributed by atoms with Crippen molar-refractivity contribution in [3.05, 3.63) is 164 Å². The van der Waals surface area contributed by atoms with Crippen molar-refractivity contribution < 1.29 is 8.83 Å². The van der Waals surface area contributed by atoms with Gasteiger partial charge in [0.15, 0.2) is 5.82 Å². The predicted octanol–water partition coefficient (Wildman–Crippen LogP) is 12.0. The molecular formula is C45H27N3O2. The molecule has 0 N–H and O–H groups in total. The third-order valence-corrected chi connectivity index (χ3v) is 9.41. The Morgan fingerprint density at radius 2 is 1.06 bits per heavy atom. The lowest BCUT2D eigenvalue weighted by molar-refractivity contribution is 0.669. The van der Waals surface area contributed by atoms with Crippen molar-refractivity contribution in [2.24, 2.45) is 0 Å². The highest BCUT2D eigenvalue weighted by Gasteiger charge is 2.22. The van der Waals surface area contributed by atoms with Gasteiger partial charge < -0.3 is 8.83 Å². The summed E-state index contributed by atoms with van der Waals surface area (Å²) in [4.78, 5) is 14.6. The minimum absolute atomic E-state index is 0.644. The number of nitrogens with zero attached hydrogens (tertiary/aromatic N) is 3. The molecule has 234 valence electrons. The van der Waals surface area contributed by atoms with Crippen molar-refractivity contribution in [3.63, 3.8) is 0 Å². The number of fused-ring (bicyclic) bond motifs is 6. The van der Waals surface area contributed by atoms with Crippen molar-refractivity contribution in [2.75, 3.05) is 0 Å². The standard InChI is InChI=1S/C45H27N3O2/c1-2-11-28(12-3-1)45-47-38(30-14-8-13-29(25-30)31-15-10-24-46-27-31)26-39(48-45)36-23-22-33(42-37-17-5-7-21-41(37)50-44(36)42)35-19-9-18-34-32-16-4-6-20-40(32)49-43(34)35/h1-27H. The highest BCUT2D eigenvalue weighted by molar-refractivity contribution is 6.19. The average molecular weight is 642 g/mol. The SMILES string of the molecule is c1ccc(-c2nc(-c3cccc(-c4cccnc4)c3)cc(-c3ccc(-c4cccc5c4oc4ccccc45)c4c3oc3ccccc34)n2)cc1. The number of hydrogen-bond acceptors (Lipinski definition) is 5. The van der Waals surface area contributed by atoms with Gasteiger partial charge in [-0.2, -0.15) is 0 Å². The topological polar surface area (TPSA) is 65.0 Å². The van der Waals surface area contributed by atoms with Gasteiger partial charge in [-0.15, -0.1) is 0 Å². The number of furan rings is 2. The Hall–Kier alpha value is -6.85. The molecule has 0 unspecified atom stereocenters. The van der Waals surface area contributed by atoms with E-state index in [-0.39, 0.29) is 0 Å². The van der Waals surface area contributed by atoms with Crippen LogP contribution in [-0.4, -0.2) is 15.0 Å². The molecule has 0 radical (unpaired) electrons. The van der Waals surface area contributed by atoms with Crippen LogP contribution in [0.1, 0.15) is 0 Å². The zero-order valence-corrected chi connectivity index (χ0v) is 26.7. The lowest BCUT2D eigenvalue weighted by atomic mass is 9.94. The Balaban J connectivity index is 1.22. The van der Waals surface area contributed by atoms with Crippen molar-refractivity contribution >= 4 is 43.9 Å². The molecule has 0 aliphatic rings. The molecule has 4 heterocycles. The number of rotatable bonds is 5. The van der Waals surface area contributed by atoms with Gasteiger partial charge >= 0.3 is 0 Å². The maximum atomic E-state index is 6.74. The minimum atomic E-state index is 0.644. The Labute approximate surface area is 287 Å². The predicted molar refractivity (Wildman–Crippen MR) is 202 cm³/mol. The first-order chi connectivity index (χ1) is 24.8. The molecule has 5 heteroatoms. The third kappa shape index (κ3) is 4.60. The summed E-state index contributed by atoms with van der Waals surface area (Å²) in [5.74, 6) is 0.644. The zero-order valence-electron chi connectivity index (χ0n) is 26.7. The summed E-state index contributed by atoms with van der Waals surface area (Å²) in [7, 11) is 0. The molecule has 0 amide bonds. The van der Waals surface area contributed by atoms with Gasteiger partial charge in [0.25, 0.3) is 0 Å². The number of hydrogen-bond donors (Lipinski definition) is 0. The lowest BCUT2D eigenvalue weighted by Gasteiger charge is -2.12. The quantitative estimate of drug-likeness (QED) is 0.187. The maximum absolute atomic E-state index is 6.74. The lowest BCUT2D eigenvalue weighted by Crippen LogP contribution is -1.96. The number of pyridine rings is 1. The molecule has 0 aliphatic heterocycles. The molecule has 0 fully saturated rings. The number of benzene rings is 6. The summed E-state index contributed by atoms with van der Waals surface area (Å²) in [5.41, 5.74) is 11.9. The van der Waals surface area contributed by atoms with Crippen LogP contribution in [0, 0.1) is 0 Å². The summed E-state index contributed by atoms with van der Waals surface area (Å²) in [5, 5.41) is 4.24. The fraction of sp³-hybridized carbons (Fsp3) is 0. The Morgan fingerprint density at radius 1 is 0.400 bits per heavy atom. The van der Waals surface area contributed by atoms with Crippen molar-refractivity contribution in [1.82, 2.24) is 15.0 Å². The van der Waals surface area contributed by atoms with Crippen LogP contribution in [0.15, 0.2) is 173 Å². The highest BCUT2D eigenvalue weighted by atomic mass is 16.3. The monoisotopic (exact) mass is 641 g/mol. The molecule has 0 spiro atoms. The van der Waals surface area contributed by atoms with Crippen molar-refractivity contribution in [1.29, 1.82) is 0 Å². The van der Waals surface area contributed by atoms with E-state index < -0.39 is 0 Å². The smallest absolute Gasteiger partial charge is 0.160 e. The maximum Gasteiger partial charge on any atom is 0.160 e. The van der Waals surface area contributed by atoms with Crippen LogP contribution >= 0.6 is 0 Å². The first kappa shape index (κ1) is 28.2. The van der Waals surface area contributed by atoms with E-state index in [1.165, 1.54) is 0 Å². The molecule has 10 rings (SSSR count). The number of para-hydroxylation sites is 3. The first-order valence-electron chi connectivity index (χ1n) is 16.6. The highest BCUT2D eigenvalue weighted by Crippen LogP contribution is 2.45. The summed E-state index contributed by atoms with van der Waals surface area (Å²) in [6, 6.07) is 51.7. The van der Waals surface area contributed by atoms with Crippen LogP contribution in [0.5, 0.6) is 0 Å². The second kappa shape index (κ2) is 11.4. The van der Waals surface area contributed by atoms with Gasteiger partial charge in [0.2, 0.25) is 0 Å². The van der Waals surface area contributed by atoms with E-state index in [0.29, 0.717) is 5.82 Å². The third-order valence-electron chi connectivity index (χ3n) is 9.41. The van der Waals surface area contributed by atoms with Gasteiger partial charge in [-0.1, -0.05) is 115 Å². The van der Waals surface area contributed by atoms with E-state index >= 15 is 0 Å². The van der Waals surface area contributed by atoms with E-state index in [9.17, 15) is 0 Å². The normalized spacial score (nSPS) is 11.6. The van der Waals surface area contributed by atoms with Crippen LogP contribution in [0.4, 0.5) is 0 Å². The van der Waals surface area contributed by atoms with E-state index in [1.807, 2.05) is 66.9 Å². The summed E-state index contributed by atoms with van der Waals surface area (Å²) < 4.78 is 13.2. The molecule has 0 saturated heterocycles. The van der Waals surface area contributed by atoms with Gasteiger partial charge in [0, 0.05) is 61.8 Å². The average Bonchev–Trinajstić information content (AvgIpc) is 3.77. The molecule has 0 aliphatic carbocycles. The molecule has 6 aromatic carbocycles.